The van der Waals surface area contributed by atoms with Crippen LogP contribution in [0.25, 0.3) is 11.3 Å². The molecular formula is C16H14N2O3S. The van der Waals surface area contributed by atoms with E-state index < -0.39 is 11.5 Å². The maximum atomic E-state index is 12.3. The molecule has 0 aliphatic rings. The lowest BCUT2D eigenvalue weighted by Crippen LogP contribution is -2.19. The summed E-state index contributed by atoms with van der Waals surface area (Å²) in [6.07, 6.45) is 1.72. The van der Waals surface area contributed by atoms with Gasteiger partial charge in [0, 0.05) is 4.90 Å². The van der Waals surface area contributed by atoms with Crippen LogP contribution in [0, 0.1) is 11.3 Å². The molecule has 22 heavy (non-hydrogen) atoms. The molecular weight excluding hydrogens is 300 g/mol. The van der Waals surface area contributed by atoms with Crippen LogP contribution in [0.3, 0.4) is 0 Å². The molecule has 0 spiro atoms. The van der Waals surface area contributed by atoms with E-state index in [9.17, 15) is 14.9 Å². The molecule has 0 radical (unpaired) electrons. The smallest absolute Gasteiger partial charge is 0.341 e. The van der Waals surface area contributed by atoms with Crippen LogP contribution in [0.4, 0.5) is 0 Å². The monoisotopic (exact) mass is 314 g/mol. The lowest BCUT2D eigenvalue weighted by Gasteiger charge is -2.13. The summed E-state index contributed by atoms with van der Waals surface area (Å²) in [5, 5.41) is 9.19. The molecule has 1 aromatic carbocycles. The van der Waals surface area contributed by atoms with Crippen molar-refractivity contribution in [1.82, 2.24) is 4.98 Å². The van der Waals surface area contributed by atoms with Gasteiger partial charge in [-0.3, -0.25) is 4.79 Å². The maximum Gasteiger partial charge on any atom is 0.341 e. The average Bonchev–Trinajstić information content (AvgIpc) is 2.54. The number of benzene rings is 1. The molecule has 2 rings (SSSR count). The van der Waals surface area contributed by atoms with E-state index >= 15 is 0 Å². The van der Waals surface area contributed by atoms with Gasteiger partial charge in [-0.15, -0.1) is 11.8 Å². The van der Waals surface area contributed by atoms with E-state index in [2.05, 4.69) is 4.98 Å². The van der Waals surface area contributed by atoms with Crippen LogP contribution in [0.2, 0.25) is 0 Å². The second-order valence-electron chi connectivity index (χ2n) is 4.31. The van der Waals surface area contributed by atoms with E-state index in [1.54, 1.807) is 37.4 Å². The fourth-order valence-corrected chi connectivity index (χ4v) is 2.84. The molecule has 0 saturated heterocycles. The highest BCUT2D eigenvalue weighted by atomic mass is 32.2. The van der Waals surface area contributed by atoms with E-state index in [-0.39, 0.29) is 17.7 Å². The largest absolute Gasteiger partial charge is 0.462 e. The molecule has 0 fully saturated rings. The summed E-state index contributed by atoms with van der Waals surface area (Å²) >= 11 is 1.18. The first-order valence-corrected chi connectivity index (χ1v) is 7.83. The van der Waals surface area contributed by atoms with Gasteiger partial charge in [0.05, 0.1) is 17.9 Å². The number of ether oxygens (including phenoxy) is 1. The van der Waals surface area contributed by atoms with Crippen LogP contribution in [-0.4, -0.2) is 23.8 Å². The lowest BCUT2D eigenvalue weighted by molar-refractivity contribution is 0.0522. The van der Waals surface area contributed by atoms with Crippen molar-refractivity contribution in [2.75, 3.05) is 12.9 Å². The number of hydrogen-bond acceptors (Lipinski definition) is 5. The molecule has 5 nitrogen and oxygen atoms in total. The molecule has 0 atom stereocenters. The van der Waals surface area contributed by atoms with Crippen LogP contribution in [-0.2, 0) is 4.74 Å². The van der Waals surface area contributed by atoms with Crippen LogP contribution < -0.4 is 5.56 Å². The first kappa shape index (κ1) is 15.9. The summed E-state index contributed by atoms with van der Waals surface area (Å²) in [6, 6.07) is 10.9. The van der Waals surface area contributed by atoms with Crippen LogP contribution in [0.15, 0.2) is 40.0 Å². The van der Waals surface area contributed by atoms with Crippen molar-refractivity contribution in [2.24, 2.45) is 0 Å². The third kappa shape index (κ3) is 2.90. The number of hydrogen-bond donors (Lipinski definition) is 1. The van der Waals surface area contributed by atoms with E-state index in [1.807, 2.05) is 12.1 Å². The van der Waals surface area contributed by atoms with E-state index in [1.165, 1.54) is 11.8 Å². The minimum atomic E-state index is -0.557. The molecule has 112 valence electrons. The minimum absolute atomic E-state index is 0.0739. The number of aromatic nitrogens is 1. The second-order valence-corrected chi connectivity index (χ2v) is 5.13. The highest BCUT2D eigenvalue weighted by Gasteiger charge is 2.24. The Balaban J connectivity index is 2.83. The number of rotatable bonds is 4. The van der Waals surface area contributed by atoms with Crippen molar-refractivity contribution < 1.29 is 9.53 Å². The minimum Gasteiger partial charge on any atom is -0.462 e. The zero-order valence-electron chi connectivity index (χ0n) is 12.2. The molecule has 0 amide bonds. The number of nitriles is 1. The zero-order valence-corrected chi connectivity index (χ0v) is 13.0. The number of H-pyrrole nitrogens is 1. The summed E-state index contributed by atoms with van der Waals surface area (Å²) < 4.78 is 5.09. The number of carbonyl (C=O) groups excluding carboxylic acids is 1. The van der Waals surface area contributed by atoms with Gasteiger partial charge in [0.25, 0.3) is 5.56 Å². The number of nitrogens with zero attached hydrogens (tertiary/aromatic N) is 1. The number of esters is 1. The number of pyridine rings is 1. The third-order valence-corrected chi connectivity index (χ3v) is 3.84. The predicted molar refractivity (Wildman–Crippen MR) is 85.0 cm³/mol. The Morgan fingerprint density at radius 3 is 2.59 bits per heavy atom. The maximum absolute atomic E-state index is 12.3. The predicted octanol–water partition coefficient (Wildman–Crippen LogP) is 2.81. The molecule has 0 bridgehead atoms. The van der Waals surface area contributed by atoms with E-state index in [0.717, 1.165) is 0 Å². The van der Waals surface area contributed by atoms with Gasteiger partial charge in [-0.05, 0) is 18.7 Å². The Bertz CT molecular complexity index is 792. The quantitative estimate of drug-likeness (QED) is 0.693. The Morgan fingerprint density at radius 2 is 2.05 bits per heavy atom. The number of carbonyl (C=O) groups is 1. The van der Waals surface area contributed by atoms with Crippen molar-refractivity contribution in [3.8, 4) is 17.3 Å². The molecule has 0 aliphatic carbocycles. The SMILES string of the molecule is CCOC(=O)c1c(-c2ccccc2)[nH]c(=O)c(C#N)c1SC. The highest BCUT2D eigenvalue weighted by molar-refractivity contribution is 7.98. The van der Waals surface area contributed by atoms with Crippen molar-refractivity contribution in [3.05, 3.63) is 51.8 Å². The molecule has 1 aromatic heterocycles. The molecule has 1 N–H and O–H groups in total. The third-order valence-electron chi connectivity index (χ3n) is 3.03. The number of nitrogens with one attached hydrogen (secondary N) is 1. The van der Waals surface area contributed by atoms with Crippen molar-refractivity contribution in [3.63, 3.8) is 0 Å². The summed E-state index contributed by atoms with van der Waals surface area (Å²) in [5.41, 5.74) is 0.681. The average molecular weight is 314 g/mol. The highest BCUT2D eigenvalue weighted by Crippen LogP contribution is 2.30. The van der Waals surface area contributed by atoms with Crippen LogP contribution in [0.5, 0.6) is 0 Å². The Labute approximate surface area is 131 Å². The van der Waals surface area contributed by atoms with Gasteiger partial charge in [-0.25, -0.2) is 4.79 Å². The van der Waals surface area contributed by atoms with E-state index in [0.29, 0.717) is 16.2 Å². The fraction of sp³-hybridized carbons (Fsp3) is 0.188. The van der Waals surface area contributed by atoms with Crippen molar-refractivity contribution in [1.29, 1.82) is 5.26 Å². The fourth-order valence-electron chi connectivity index (χ4n) is 2.11. The summed E-state index contributed by atoms with van der Waals surface area (Å²) in [4.78, 5) is 27.4. The van der Waals surface area contributed by atoms with Gasteiger partial charge >= 0.3 is 5.97 Å². The second kappa shape index (κ2) is 6.96. The van der Waals surface area contributed by atoms with Crippen molar-refractivity contribution in [2.45, 2.75) is 11.8 Å². The molecule has 0 saturated carbocycles. The Morgan fingerprint density at radius 1 is 1.36 bits per heavy atom. The van der Waals surface area contributed by atoms with Crippen LogP contribution >= 0.6 is 11.8 Å². The van der Waals surface area contributed by atoms with Gasteiger partial charge in [-0.2, -0.15) is 5.26 Å². The first-order valence-electron chi connectivity index (χ1n) is 6.60. The topological polar surface area (TPSA) is 83.0 Å². The molecule has 1 heterocycles. The standard InChI is InChI=1S/C16H14N2O3S/c1-3-21-16(20)12-13(10-7-5-4-6-8-10)18-15(19)11(9-17)14(12)22-2/h4-8H,3H2,1-2H3,(H,18,19). The van der Waals surface area contributed by atoms with Crippen molar-refractivity contribution >= 4 is 17.7 Å². The molecule has 2 aromatic rings. The molecule has 0 unspecified atom stereocenters. The summed E-state index contributed by atoms with van der Waals surface area (Å²) in [7, 11) is 0. The number of thioether (sulfide) groups is 1. The van der Waals surface area contributed by atoms with E-state index in [4.69, 9.17) is 4.74 Å². The van der Waals surface area contributed by atoms with Gasteiger partial charge in [-0.1, -0.05) is 30.3 Å². The summed E-state index contributed by atoms with van der Waals surface area (Å²) in [6.45, 7) is 1.91. The molecule has 6 heteroatoms. The van der Waals surface area contributed by atoms with Gasteiger partial charge in [0.2, 0.25) is 0 Å². The van der Waals surface area contributed by atoms with Crippen LogP contribution in [0.1, 0.15) is 22.8 Å². The molecule has 0 aliphatic heterocycles. The first-order chi connectivity index (χ1) is 10.6. The van der Waals surface area contributed by atoms with Gasteiger partial charge < -0.3 is 9.72 Å². The Kier molecular flexibility index (Phi) is 5.02. The van der Waals surface area contributed by atoms with Gasteiger partial charge in [0.15, 0.2) is 0 Å². The van der Waals surface area contributed by atoms with Gasteiger partial charge in [0.1, 0.15) is 11.6 Å². The normalized spacial score (nSPS) is 10.0. The zero-order chi connectivity index (χ0) is 16.1. The number of aromatic amines is 1. The lowest BCUT2D eigenvalue weighted by atomic mass is 10.0. The Hall–Kier alpha value is -2.52. The summed E-state index contributed by atoms with van der Waals surface area (Å²) in [5.74, 6) is -0.557.